The fraction of sp³-hybridized carbons (Fsp3) is 0.429. The Bertz CT molecular complexity index is 535. The first kappa shape index (κ1) is 15.0. The Labute approximate surface area is 124 Å². The number of rotatable bonds is 4. The highest BCUT2D eigenvalue weighted by Gasteiger charge is 2.37. The molecule has 0 saturated heterocycles. The second-order valence-corrected chi connectivity index (χ2v) is 5.85. The molecule has 6 heteroatoms. The van der Waals surface area contributed by atoms with Crippen LogP contribution in [0, 0.1) is 17.7 Å². The second-order valence-electron chi connectivity index (χ2n) is 4.94. The predicted molar refractivity (Wildman–Crippen MR) is 74.4 cm³/mol. The molecule has 2 rings (SSSR count). The van der Waals surface area contributed by atoms with Crippen LogP contribution in [0.2, 0.25) is 0 Å². The molecule has 0 radical (unpaired) electrons. The first-order chi connectivity index (χ1) is 9.49. The fourth-order valence-corrected chi connectivity index (χ4v) is 2.97. The van der Waals surface area contributed by atoms with Gasteiger partial charge in [0.25, 0.3) is 0 Å². The molecule has 1 aliphatic carbocycles. The van der Waals surface area contributed by atoms with Crippen LogP contribution in [-0.2, 0) is 16.1 Å². The summed E-state index contributed by atoms with van der Waals surface area (Å²) < 4.78 is 14.3. The summed E-state index contributed by atoms with van der Waals surface area (Å²) in [5.74, 6) is -2.77. The van der Waals surface area contributed by atoms with Crippen LogP contribution in [0.1, 0.15) is 24.8 Å². The summed E-state index contributed by atoms with van der Waals surface area (Å²) in [6.45, 7) is 0.0624. The lowest BCUT2D eigenvalue weighted by atomic mass is 9.95. The summed E-state index contributed by atoms with van der Waals surface area (Å²) in [6, 6.07) is 4.50. The molecule has 4 nitrogen and oxygen atoms in total. The van der Waals surface area contributed by atoms with E-state index in [1.54, 1.807) is 12.1 Å². The first-order valence-electron chi connectivity index (χ1n) is 6.43. The molecule has 2 atom stereocenters. The molecule has 20 heavy (non-hydrogen) atoms. The van der Waals surface area contributed by atoms with E-state index in [1.807, 2.05) is 0 Å². The normalized spacial score (nSPS) is 21.7. The Morgan fingerprint density at radius 3 is 2.75 bits per heavy atom. The molecule has 2 N–H and O–H groups in total. The van der Waals surface area contributed by atoms with Crippen LogP contribution >= 0.6 is 15.9 Å². The van der Waals surface area contributed by atoms with Crippen molar-refractivity contribution in [1.82, 2.24) is 5.32 Å². The van der Waals surface area contributed by atoms with E-state index in [-0.39, 0.29) is 12.5 Å². The van der Waals surface area contributed by atoms with E-state index in [1.165, 1.54) is 6.07 Å². The van der Waals surface area contributed by atoms with Crippen molar-refractivity contribution in [2.45, 2.75) is 25.8 Å². The number of carbonyl (C=O) groups excluding carboxylic acids is 1. The number of nitrogens with one attached hydrogen (secondary N) is 1. The van der Waals surface area contributed by atoms with Crippen LogP contribution in [0.25, 0.3) is 0 Å². The zero-order valence-corrected chi connectivity index (χ0v) is 12.3. The van der Waals surface area contributed by atoms with Crippen molar-refractivity contribution >= 4 is 27.8 Å². The third kappa shape index (κ3) is 3.36. The molecule has 0 spiro atoms. The number of aliphatic carboxylic acids is 1. The summed E-state index contributed by atoms with van der Waals surface area (Å²) in [5, 5.41) is 11.7. The van der Waals surface area contributed by atoms with E-state index in [0.717, 1.165) is 10.9 Å². The quantitative estimate of drug-likeness (QED) is 0.883. The lowest BCUT2D eigenvalue weighted by Crippen LogP contribution is -2.35. The van der Waals surface area contributed by atoms with Crippen molar-refractivity contribution in [3.05, 3.63) is 34.1 Å². The molecule has 0 aromatic heterocycles. The third-order valence-corrected chi connectivity index (χ3v) is 4.12. The zero-order valence-electron chi connectivity index (χ0n) is 10.7. The number of carboxylic acid groups (broad SMARTS) is 1. The van der Waals surface area contributed by atoms with Gasteiger partial charge in [-0.05, 0) is 31.0 Å². The summed E-state index contributed by atoms with van der Waals surface area (Å²) in [6.07, 6.45) is 1.84. The average molecular weight is 344 g/mol. The van der Waals surface area contributed by atoms with E-state index < -0.39 is 23.6 Å². The SMILES string of the molecule is O=C(O)[C@H]1CCC[C@H]1C(=O)NCc1cc(Br)ccc1F. The van der Waals surface area contributed by atoms with Gasteiger partial charge in [0, 0.05) is 16.6 Å². The van der Waals surface area contributed by atoms with Crippen molar-refractivity contribution in [1.29, 1.82) is 0 Å². The van der Waals surface area contributed by atoms with Crippen molar-refractivity contribution in [3.63, 3.8) is 0 Å². The Balaban J connectivity index is 1.98. The molecule has 1 fully saturated rings. The van der Waals surface area contributed by atoms with Crippen LogP contribution < -0.4 is 5.32 Å². The number of benzene rings is 1. The number of hydrogen-bond donors (Lipinski definition) is 2. The highest BCUT2D eigenvalue weighted by atomic mass is 79.9. The minimum atomic E-state index is -0.934. The van der Waals surface area contributed by atoms with Crippen LogP contribution in [0.3, 0.4) is 0 Å². The number of carboxylic acids is 1. The van der Waals surface area contributed by atoms with Crippen molar-refractivity contribution < 1.29 is 19.1 Å². The van der Waals surface area contributed by atoms with Gasteiger partial charge in [0.1, 0.15) is 5.82 Å². The van der Waals surface area contributed by atoms with E-state index in [4.69, 9.17) is 5.11 Å². The van der Waals surface area contributed by atoms with E-state index >= 15 is 0 Å². The predicted octanol–water partition coefficient (Wildman–Crippen LogP) is 2.71. The summed E-state index contributed by atoms with van der Waals surface area (Å²) in [5.41, 5.74) is 0.373. The Morgan fingerprint density at radius 2 is 2.05 bits per heavy atom. The first-order valence-corrected chi connectivity index (χ1v) is 7.23. The molecule has 0 bridgehead atoms. The molecule has 1 aromatic carbocycles. The van der Waals surface area contributed by atoms with E-state index in [0.29, 0.717) is 18.4 Å². The molecular weight excluding hydrogens is 329 g/mol. The second kappa shape index (κ2) is 6.35. The maximum Gasteiger partial charge on any atom is 0.307 e. The van der Waals surface area contributed by atoms with Gasteiger partial charge in [0.2, 0.25) is 5.91 Å². The van der Waals surface area contributed by atoms with Gasteiger partial charge in [0.15, 0.2) is 0 Å². The summed E-state index contributed by atoms with van der Waals surface area (Å²) in [4.78, 5) is 23.1. The van der Waals surface area contributed by atoms with Crippen LogP contribution in [-0.4, -0.2) is 17.0 Å². The monoisotopic (exact) mass is 343 g/mol. The minimum absolute atomic E-state index is 0.0624. The van der Waals surface area contributed by atoms with Gasteiger partial charge >= 0.3 is 5.97 Å². The van der Waals surface area contributed by atoms with Gasteiger partial charge in [-0.1, -0.05) is 22.4 Å². The molecular formula is C14H15BrFNO3. The molecule has 1 saturated carbocycles. The van der Waals surface area contributed by atoms with Gasteiger partial charge in [0.05, 0.1) is 11.8 Å². The molecule has 108 valence electrons. The zero-order chi connectivity index (χ0) is 14.7. The highest BCUT2D eigenvalue weighted by Crippen LogP contribution is 2.32. The molecule has 0 unspecified atom stereocenters. The molecule has 0 aliphatic heterocycles. The number of amides is 1. The maximum atomic E-state index is 13.5. The van der Waals surface area contributed by atoms with Crippen LogP contribution in [0.5, 0.6) is 0 Å². The third-order valence-electron chi connectivity index (χ3n) is 3.63. The fourth-order valence-electron chi connectivity index (χ4n) is 2.56. The standard InChI is InChI=1S/C14H15BrFNO3/c15-9-4-5-12(16)8(6-9)7-17-13(18)10-2-1-3-11(10)14(19)20/h4-6,10-11H,1-3,7H2,(H,17,18)(H,19,20)/t10-,11+/m1/s1. The number of halogens is 2. The lowest BCUT2D eigenvalue weighted by molar-refractivity contribution is -0.146. The molecule has 1 aromatic rings. The highest BCUT2D eigenvalue weighted by molar-refractivity contribution is 9.10. The molecule has 0 heterocycles. The van der Waals surface area contributed by atoms with Gasteiger partial charge < -0.3 is 10.4 Å². The smallest absolute Gasteiger partial charge is 0.307 e. The van der Waals surface area contributed by atoms with E-state index in [9.17, 15) is 14.0 Å². The van der Waals surface area contributed by atoms with Crippen molar-refractivity contribution in [3.8, 4) is 0 Å². The van der Waals surface area contributed by atoms with Crippen LogP contribution in [0.4, 0.5) is 4.39 Å². The summed E-state index contributed by atoms with van der Waals surface area (Å²) in [7, 11) is 0. The van der Waals surface area contributed by atoms with Crippen molar-refractivity contribution in [2.75, 3.05) is 0 Å². The minimum Gasteiger partial charge on any atom is -0.481 e. The lowest BCUT2D eigenvalue weighted by Gasteiger charge is -2.15. The largest absolute Gasteiger partial charge is 0.481 e. The van der Waals surface area contributed by atoms with E-state index in [2.05, 4.69) is 21.2 Å². The molecule has 1 aliphatic rings. The van der Waals surface area contributed by atoms with Gasteiger partial charge in [-0.25, -0.2) is 4.39 Å². The summed E-state index contributed by atoms with van der Waals surface area (Å²) >= 11 is 3.24. The van der Waals surface area contributed by atoms with Crippen LogP contribution in [0.15, 0.2) is 22.7 Å². The average Bonchev–Trinajstić information content (AvgIpc) is 2.89. The van der Waals surface area contributed by atoms with Gasteiger partial charge in [-0.2, -0.15) is 0 Å². The number of hydrogen-bond acceptors (Lipinski definition) is 2. The number of carbonyl (C=O) groups is 2. The van der Waals surface area contributed by atoms with Crippen molar-refractivity contribution in [2.24, 2.45) is 11.8 Å². The van der Waals surface area contributed by atoms with Gasteiger partial charge in [-0.3, -0.25) is 9.59 Å². The van der Waals surface area contributed by atoms with Gasteiger partial charge in [-0.15, -0.1) is 0 Å². The maximum absolute atomic E-state index is 13.5. The topological polar surface area (TPSA) is 66.4 Å². The Kier molecular flexibility index (Phi) is 4.75. The molecule has 1 amide bonds. The Morgan fingerprint density at radius 1 is 1.35 bits per heavy atom. The Hall–Kier alpha value is -1.43.